The van der Waals surface area contributed by atoms with Gasteiger partial charge in [0.25, 0.3) is 11.5 Å². The molecule has 2 aliphatic rings. The van der Waals surface area contributed by atoms with E-state index in [0.717, 1.165) is 42.1 Å². The molecule has 0 spiro atoms. The van der Waals surface area contributed by atoms with Crippen molar-refractivity contribution < 1.29 is 4.79 Å². The van der Waals surface area contributed by atoms with Crippen molar-refractivity contribution in [2.45, 2.75) is 64.2 Å². The van der Waals surface area contributed by atoms with Gasteiger partial charge in [-0.05, 0) is 51.2 Å². The zero-order valence-electron chi connectivity index (χ0n) is 24.4. The van der Waals surface area contributed by atoms with Gasteiger partial charge in [-0.2, -0.15) is 5.26 Å². The average Bonchev–Trinajstić information content (AvgIpc) is 3.33. The molecule has 2 fully saturated rings. The molecular weight excluding hydrogens is 544 g/mol. The highest BCUT2D eigenvalue weighted by molar-refractivity contribution is 6.11. The molecule has 11 nitrogen and oxygen atoms in total. The van der Waals surface area contributed by atoms with Crippen LogP contribution in [0.25, 0.3) is 21.9 Å². The highest BCUT2D eigenvalue weighted by Crippen LogP contribution is 2.33. The van der Waals surface area contributed by atoms with Crippen molar-refractivity contribution in [3.05, 3.63) is 68.0 Å². The van der Waals surface area contributed by atoms with Crippen LogP contribution in [-0.2, 0) is 20.1 Å². The summed E-state index contributed by atoms with van der Waals surface area (Å²) in [5.41, 5.74) is 7.21. The summed E-state index contributed by atoms with van der Waals surface area (Å²) in [5.74, 6) is 6.20. The molecule has 1 aliphatic carbocycles. The van der Waals surface area contributed by atoms with E-state index in [1.807, 2.05) is 29.2 Å². The van der Waals surface area contributed by atoms with E-state index in [1.165, 1.54) is 4.57 Å². The van der Waals surface area contributed by atoms with Crippen LogP contribution in [0.1, 0.15) is 60.6 Å². The predicted molar refractivity (Wildman–Crippen MR) is 165 cm³/mol. The quantitative estimate of drug-likeness (QED) is 0.334. The molecule has 6 rings (SSSR count). The van der Waals surface area contributed by atoms with Crippen LogP contribution in [-0.4, -0.2) is 49.8 Å². The molecule has 3 aromatic heterocycles. The largest absolute Gasteiger partial charge is 0.356 e. The Kier molecular flexibility index (Phi) is 7.51. The Morgan fingerprint density at radius 2 is 1.93 bits per heavy atom. The maximum Gasteiger partial charge on any atom is 0.331 e. The first-order valence-corrected chi connectivity index (χ1v) is 14.7. The number of nitrogens with zero attached hydrogens (tertiary/aromatic N) is 6. The predicted octanol–water partition coefficient (Wildman–Crippen LogP) is 2.20. The number of benzene rings is 1. The number of amides is 1. The lowest BCUT2D eigenvalue weighted by molar-refractivity contribution is 0.0918. The van der Waals surface area contributed by atoms with Gasteiger partial charge >= 0.3 is 5.69 Å². The Morgan fingerprint density at radius 3 is 2.63 bits per heavy atom. The topological polar surface area (TPSA) is 144 Å². The van der Waals surface area contributed by atoms with Crippen molar-refractivity contribution >= 4 is 33.7 Å². The monoisotopic (exact) mass is 578 g/mol. The Hall–Kier alpha value is -4.87. The Bertz CT molecular complexity index is 1980. The molecule has 1 amide bonds. The first kappa shape index (κ1) is 28.3. The molecule has 220 valence electrons. The molecule has 1 atom stereocenters. The summed E-state index contributed by atoms with van der Waals surface area (Å²) in [6.45, 7) is 2.83. The van der Waals surface area contributed by atoms with E-state index in [-0.39, 0.29) is 47.7 Å². The van der Waals surface area contributed by atoms with E-state index in [4.69, 9.17) is 5.73 Å². The molecule has 4 aromatic rings. The zero-order valence-corrected chi connectivity index (χ0v) is 24.4. The fourth-order valence-corrected chi connectivity index (χ4v) is 6.15. The molecule has 1 saturated carbocycles. The number of nitriles is 1. The van der Waals surface area contributed by atoms with Crippen LogP contribution in [0.2, 0.25) is 0 Å². The normalized spacial score (nSPS) is 16.9. The molecule has 1 aromatic carbocycles. The lowest BCUT2D eigenvalue weighted by Gasteiger charge is -2.34. The van der Waals surface area contributed by atoms with E-state index in [0.29, 0.717) is 35.7 Å². The van der Waals surface area contributed by atoms with Gasteiger partial charge in [0.05, 0.1) is 35.4 Å². The third kappa shape index (κ3) is 4.96. The fourth-order valence-electron chi connectivity index (χ4n) is 6.15. The number of aromatic nitrogens is 4. The lowest BCUT2D eigenvalue weighted by Crippen LogP contribution is -2.45. The van der Waals surface area contributed by atoms with Gasteiger partial charge in [0, 0.05) is 37.6 Å². The molecule has 1 saturated heterocycles. The van der Waals surface area contributed by atoms with E-state index >= 15 is 0 Å². The minimum absolute atomic E-state index is 0.0542. The molecule has 4 heterocycles. The van der Waals surface area contributed by atoms with Gasteiger partial charge in [-0.25, -0.2) is 9.78 Å². The van der Waals surface area contributed by atoms with Crippen LogP contribution in [0.3, 0.4) is 0 Å². The smallest absolute Gasteiger partial charge is 0.331 e. The minimum Gasteiger partial charge on any atom is -0.356 e. The molecule has 1 aliphatic heterocycles. The van der Waals surface area contributed by atoms with Crippen molar-refractivity contribution in [3.8, 4) is 17.9 Å². The highest BCUT2D eigenvalue weighted by Gasteiger charge is 2.34. The number of rotatable bonds is 6. The van der Waals surface area contributed by atoms with E-state index < -0.39 is 11.2 Å². The van der Waals surface area contributed by atoms with Crippen molar-refractivity contribution in [1.29, 1.82) is 5.26 Å². The molecule has 43 heavy (non-hydrogen) atoms. The van der Waals surface area contributed by atoms with Gasteiger partial charge in [0.15, 0.2) is 0 Å². The van der Waals surface area contributed by atoms with Crippen molar-refractivity contribution in [2.24, 2.45) is 12.8 Å². The van der Waals surface area contributed by atoms with E-state index in [9.17, 15) is 19.6 Å². The number of aryl methyl sites for hydroxylation is 1. The third-order valence-corrected chi connectivity index (χ3v) is 8.58. The molecule has 3 N–H and O–H groups in total. The van der Waals surface area contributed by atoms with Crippen LogP contribution < -0.4 is 27.2 Å². The number of nitrogens with two attached hydrogens (primary N) is 1. The second-order valence-corrected chi connectivity index (χ2v) is 11.4. The Morgan fingerprint density at radius 1 is 1.14 bits per heavy atom. The number of hydrogen-bond donors (Lipinski definition) is 2. The number of carbonyl (C=O) groups is 1. The molecule has 11 heteroatoms. The van der Waals surface area contributed by atoms with Crippen molar-refractivity contribution in [3.63, 3.8) is 0 Å². The zero-order chi connectivity index (χ0) is 30.2. The second kappa shape index (κ2) is 11.4. The van der Waals surface area contributed by atoms with Crippen molar-refractivity contribution in [2.75, 3.05) is 18.0 Å². The number of anilines is 1. The highest BCUT2D eigenvalue weighted by atomic mass is 16.2. The van der Waals surface area contributed by atoms with Gasteiger partial charge < -0.3 is 20.5 Å². The summed E-state index contributed by atoms with van der Waals surface area (Å²) in [6, 6.07) is 11.2. The molecular formula is C32H34N8O3. The fraction of sp³-hybridized carbons (Fsp3) is 0.406. The number of piperidine rings is 1. The number of carbonyl (C=O) groups excluding carboxylic acids is 1. The van der Waals surface area contributed by atoms with Crippen LogP contribution in [0.4, 0.5) is 5.82 Å². The van der Waals surface area contributed by atoms with Crippen LogP contribution in [0, 0.1) is 23.2 Å². The molecule has 0 bridgehead atoms. The average molecular weight is 579 g/mol. The second-order valence-electron chi connectivity index (χ2n) is 11.4. The lowest BCUT2D eigenvalue weighted by atomic mass is 9.93. The number of pyridine rings is 1. The van der Waals surface area contributed by atoms with Crippen LogP contribution >= 0.6 is 0 Å². The summed E-state index contributed by atoms with van der Waals surface area (Å²) >= 11 is 0. The first-order chi connectivity index (χ1) is 20.8. The van der Waals surface area contributed by atoms with Crippen LogP contribution in [0.5, 0.6) is 0 Å². The number of para-hydroxylation sites is 1. The minimum atomic E-state index is -0.602. The molecule has 0 unspecified atom stereocenters. The first-order valence-electron chi connectivity index (χ1n) is 14.7. The molecule has 0 radical (unpaired) electrons. The Balaban J connectivity index is 1.61. The van der Waals surface area contributed by atoms with Gasteiger partial charge in [0.2, 0.25) is 0 Å². The van der Waals surface area contributed by atoms with E-state index in [1.54, 1.807) is 24.6 Å². The van der Waals surface area contributed by atoms with Gasteiger partial charge in [-0.15, -0.1) is 5.92 Å². The van der Waals surface area contributed by atoms with Gasteiger partial charge in [-0.3, -0.25) is 18.7 Å². The number of nitrogens with one attached hydrogen (secondary N) is 1. The summed E-state index contributed by atoms with van der Waals surface area (Å²) < 4.78 is 4.22. The number of fused-ring (bicyclic) bond motifs is 2. The maximum atomic E-state index is 14.4. The van der Waals surface area contributed by atoms with Crippen molar-refractivity contribution in [1.82, 2.24) is 24.0 Å². The van der Waals surface area contributed by atoms with Crippen LogP contribution in [0.15, 0.2) is 39.9 Å². The standard InChI is InChI=1S/C32H34N8O3/c1-3-4-15-39-28-27(26(29(41)35-23-11-7-12-23)30(39)38-14-8-10-22(34)18-38)37(2)32(43)40(31(28)42)19-25-21(17-33)16-20-9-5-6-13-24(20)36-25/h5-6,9,13,16,22-23H,7-8,10-12,14-15,18-19,34H2,1-2H3,(H,35,41)/t22-/m1/s1. The summed E-state index contributed by atoms with van der Waals surface area (Å²) in [7, 11) is 1.57. The Labute approximate surface area is 248 Å². The van der Waals surface area contributed by atoms with E-state index in [2.05, 4.69) is 28.2 Å². The van der Waals surface area contributed by atoms with Gasteiger partial charge in [0.1, 0.15) is 23.0 Å². The summed E-state index contributed by atoms with van der Waals surface area (Å²) in [6.07, 6.45) is 4.52. The third-order valence-electron chi connectivity index (χ3n) is 8.58. The SMILES string of the molecule is CC#CCn1c(N2CCC[C@@H](N)C2)c(C(=O)NC2CCC2)c2c1c(=O)n(Cc1nc3ccccc3cc1C#N)c(=O)n2C. The number of hydrogen-bond acceptors (Lipinski definition) is 7. The summed E-state index contributed by atoms with van der Waals surface area (Å²) in [5, 5.41) is 13.8. The summed E-state index contributed by atoms with van der Waals surface area (Å²) in [4.78, 5) is 48.9. The van der Waals surface area contributed by atoms with Gasteiger partial charge in [-0.1, -0.05) is 24.1 Å². The maximum absolute atomic E-state index is 14.4.